The molecular formula is C20H40O. The van der Waals surface area contributed by atoms with Crippen LogP contribution in [0.1, 0.15) is 84.4 Å². The summed E-state index contributed by atoms with van der Waals surface area (Å²) in [5.74, 6) is 0. The molecule has 0 atom stereocenters. The Balaban J connectivity index is -0.000000103. The summed E-state index contributed by atoms with van der Waals surface area (Å²) in [4.78, 5) is 8.81. The maximum absolute atomic E-state index is 8.81. The van der Waals surface area contributed by atoms with Crippen molar-refractivity contribution in [1.82, 2.24) is 0 Å². The highest BCUT2D eigenvalue weighted by atomic mass is 16.1. The van der Waals surface area contributed by atoms with Gasteiger partial charge in [0.1, 0.15) is 6.29 Å². The Kier molecular flexibility index (Phi) is 36.5. The third kappa shape index (κ3) is 32.4. The molecule has 0 bridgehead atoms. The van der Waals surface area contributed by atoms with E-state index in [2.05, 4.69) is 52.8 Å². The summed E-state index contributed by atoms with van der Waals surface area (Å²) in [6, 6.07) is 6.56. The summed E-state index contributed by atoms with van der Waals surface area (Å²) in [5, 5.41) is 0. The second-order valence-electron chi connectivity index (χ2n) is 4.25. The second kappa shape index (κ2) is 27.3. The quantitative estimate of drug-likeness (QED) is 0.533. The summed E-state index contributed by atoms with van der Waals surface area (Å²) in [5.41, 5.74) is 4.06. The van der Waals surface area contributed by atoms with Gasteiger partial charge in [-0.2, -0.15) is 0 Å². The number of aryl methyl sites for hydroxylation is 3. The Morgan fingerprint density at radius 1 is 0.762 bits per heavy atom. The standard InChI is InChI=1S/C9H12.C5H12.C2H4O.2C2H6/c1-7-4-8(2)6-9(3)5-7;1-3-5-4-2;1-2-3;2*1-2/h4-6H,1-3H3;3-5H2,1-2H3;2H,1H3;2*1-2H3. The topological polar surface area (TPSA) is 17.1 Å². The van der Waals surface area contributed by atoms with Crippen molar-refractivity contribution in [3.05, 3.63) is 34.9 Å². The minimum atomic E-state index is 0.750. The van der Waals surface area contributed by atoms with Gasteiger partial charge in [0.2, 0.25) is 0 Å². The molecule has 0 radical (unpaired) electrons. The van der Waals surface area contributed by atoms with Crippen LogP contribution in [0.3, 0.4) is 0 Å². The van der Waals surface area contributed by atoms with Crippen molar-refractivity contribution in [2.24, 2.45) is 0 Å². The predicted molar refractivity (Wildman–Crippen MR) is 100 cm³/mol. The number of unbranched alkanes of at least 4 members (excludes halogenated alkanes) is 2. The maximum Gasteiger partial charge on any atom is 0.116 e. The number of carbonyl (C=O) groups is 1. The van der Waals surface area contributed by atoms with Crippen molar-refractivity contribution < 1.29 is 4.79 Å². The van der Waals surface area contributed by atoms with E-state index in [-0.39, 0.29) is 0 Å². The van der Waals surface area contributed by atoms with Crippen molar-refractivity contribution in [2.75, 3.05) is 0 Å². The Hall–Kier alpha value is -1.11. The molecule has 0 heterocycles. The van der Waals surface area contributed by atoms with Crippen molar-refractivity contribution in [3.8, 4) is 0 Å². The zero-order valence-electron chi connectivity index (χ0n) is 16.3. The van der Waals surface area contributed by atoms with Crippen LogP contribution in [0.15, 0.2) is 18.2 Å². The molecule has 0 saturated heterocycles. The second-order valence-corrected chi connectivity index (χ2v) is 4.25. The molecule has 0 saturated carbocycles. The lowest BCUT2D eigenvalue weighted by Gasteiger charge is -1.96. The van der Waals surface area contributed by atoms with Gasteiger partial charge in [0, 0.05) is 0 Å². The highest BCUT2D eigenvalue weighted by molar-refractivity contribution is 5.44. The largest absolute Gasteiger partial charge is 0.304 e. The first-order valence-electron chi connectivity index (χ1n) is 8.46. The molecule has 1 heteroatoms. The fourth-order valence-electron chi connectivity index (χ4n) is 1.56. The number of carbonyl (C=O) groups excluding carboxylic acids is 1. The Morgan fingerprint density at radius 3 is 1.05 bits per heavy atom. The molecule has 1 aromatic carbocycles. The zero-order valence-corrected chi connectivity index (χ0v) is 16.3. The fraction of sp³-hybridized carbons (Fsp3) is 0.650. The zero-order chi connectivity index (χ0) is 17.7. The molecule has 0 fully saturated rings. The van der Waals surface area contributed by atoms with E-state index in [0.717, 1.165) is 6.29 Å². The van der Waals surface area contributed by atoms with E-state index < -0.39 is 0 Å². The van der Waals surface area contributed by atoms with Crippen molar-refractivity contribution in [2.45, 2.75) is 88.5 Å². The highest BCUT2D eigenvalue weighted by Crippen LogP contribution is 2.06. The Bertz CT molecular complexity index is 237. The molecule has 0 aliphatic rings. The molecule has 21 heavy (non-hydrogen) atoms. The van der Waals surface area contributed by atoms with Gasteiger partial charge < -0.3 is 4.79 Å². The van der Waals surface area contributed by atoms with Gasteiger partial charge in [-0.05, 0) is 27.7 Å². The first kappa shape index (κ1) is 28.1. The molecule has 126 valence electrons. The molecule has 0 N–H and O–H groups in total. The van der Waals surface area contributed by atoms with E-state index in [0.29, 0.717) is 0 Å². The molecule has 1 aromatic rings. The maximum atomic E-state index is 8.81. The third-order valence-electron chi connectivity index (χ3n) is 2.07. The minimum absolute atomic E-state index is 0.750. The van der Waals surface area contributed by atoms with Crippen molar-refractivity contribution in [1.29, 1.82) is 0 Å². The van der Waals surface area contributed by atoms with Crippen LogP contribution in [0.25, 0.3) is 0 Å². The molecule has 0 aliphatic carbocycles. The van der Waals surface area contributed by atoms with Gasteiger partial charge in [-0.3, -0.25) is 0 Å². The molecule has 0 spiro atoms. The normalized spacial score (nSPS) is 7.33. The number of hydrogen-bond donors (Lipinski definition) is 0. The summed E-state index contributed by atoms with van der Waals surface area (Å²) < 4.78 is 0. The lowest BCUT2D eigenvalue weighted by molar-refractivity contribution is -0.106. The van der Waals surface area contributed by atoms with Gasteiger partial charge in [-0.15, -0.1) is 0 Å². The fourth-order valence-corrected chi connectivity index (χ4v) is 1.56. The Labute approximate surface area is 135 Å². The number of hydrogen-bond acceptors (Lipinski definition) is 1. The Morgan fingerprint density at radius 2 is 0.952 bits per heavy atom. The van der Waals surface area contributed by atoms with Crippen molar-refractivity contribution in [3.63, 3.8) is 0 Å². The van der Waals surface area contributed by atoms with Gasteiger partial charge in [-0.1, -0.05) is 95.7 Å². The lowest BCUT2D eigenvalue weighted by Crippen LogP contribution is -1.78. The van der Waals surface area contributed by atoms with Gasteiger partial charge >= 0.3 is 0 Å². The van der Waals surface area contributed by atoms with E-state index in [1.54, 1.807) is 0 Å². The number of rotatable bonds is 2. The van der Waals surface area contributed by atoms with Crippen LogP contribution >= 0.6 is 0 Å². The van der Waals surface area contributed by atoms with Crippen LogP contribution in [-0.2, 0) is 4.79 Å². The average molecular weight is 297 g/mol. The first-order chi connectivity index (χ1) is 10.0. The SMILES string of the molecule is CC.CC.CC=O.CCCCC.Cc1cc(C)cc(C)c1. The van der Waals surface area contributed by atoms with Gasteiger partial charge in [0.25, 0.3) is 0 Å². The van der Waals surface area contributed by atoms with Gasteiger partial charge in [0.15, 0.2) is 0 Å². The molecule has 0 aromatic heterocycles. The first-order valence-corrected chi connectivity index (χ1v) is 8.46. The van der Waals surface area contributed by atoms with Crippen LogP contribution < -0.4 is 0 Å². The minimum Gasteiger partial charge on any atom is -0.304 e. The van der Waals surface area contributed by atoms with Crippen LogP contribution in [0.4, 0.5) is 0 Å². The van der Waals surface area contributed by atoms with Crippen LogP contribution in [0, 0.1) is 20.8 Å². The highest BCUT2D eigenvalue weighted by Gasteiger charge is 1.87. The van der Waals surface area contributed by atoms with Crippen LogP contribution in [-0.4, -0.2) is 6.29 Å². The summed E-state index contributed by atoms with van der Waals surface area (Å²) >= 11 is 0. The summed E-state index contributed by atoms with van der Waals surface area (Å²) in [7, 11) is 0. The molecule has 1 rings (SSSR count). The predicted octanol–water partition coefficient (Wildman–Crippen LogP) is 7.07. The van der Waals surface area contributed by atoms with E-state index in [1.165, 1.54) is 42.9 Å². The molecule has 0 unspecified atom stereocenters. The number of benzene rings is 1. The van der Waals surface area contributed by atoms with E-state index in [4.69, 9.17) is 4.79 Å². The van der Waals surface area contributed by atoms with Crippen LogP contribution in [0.2, 0.25) is 0 Å². The molecule has 1 nitrogen and oxygen atoms in total. The van der Waals surface area contributed by atoms with E-state index in [1.807, 2.05) is 27.7 Å². The molecule has 0 aliphatic heterocycles. The third-order valence-corrected chi connectivity index (χ3v) is 2.07. The summed E-state index contributed by atoms with van der Waals surface area (Å²) in [6.07, 6.45) is 4.83. The van der Waals surface area contributed by atoms with E-state index >= 15 is 0 Å². The monoisotopic (exact) mass is 296 g/mol. The molecule has 0 amide bonds. The van der Waals surface area contributed by atoms with Crippen LogP contribution in [0.5, 0.6) is 0 Å². The lowest BCUT2D eigenvalue weighted by atomic mass is 10.1. The average Bonchev–Trinajstić information content (AvgIpc) is 2.44. The smallest absolute Gasteiger partial charge is 0.116 e. The van der Waals surface area contributed by atoms with Gasteiger partial charge in [-0.25, -0.2) is 0 Å². The summed E-state index contributed by atoms with van der Waals surface area (Å²) in [6.45, 7) is 20.2. The number of aldehydes is 1. The van der Waals surface area contributed by atoms with Crippen molar-refractivity contribution >= 4 is 6.29 Å². The molecular weight excluding hydrogens is 256 g/mol. The van der Waals surface area contributed by atoms with Gasteiger partial charge in [0.05, 0.1) is 0 Å². The van der Waals surface area contributed by atoms with E-state index in [9.17, 15) is 0 Å².